The molecule has 100 valence electrons. The third kappa shape index (κ3) is 4.94. The summed E-state index contributed by atoms with van der Waals surface area (Å²) in [5, 5.41) is 8.65. The van der Waals surface area contributed by atoms with Gasteiger partial charge in [-0.15, -0.1) is 0 Å². The summed E-state index contributed by atoms with van der Waals surface area (Å²) in [6.07, 6.45) is 2.66. The summed E-state index contributed by atoms with van der Waals surface area (Å²) in [4.78, 5) is 13.7. The van der Waals surface area contributed by atoms with E-state index < -0.39 is 5.82 Å². The lowest BCUT2D eigenvalue weighted by Gasteiger charge is -2.15. The lowest BCUT2D eigenvalue weighted by molar-refractivity contribution is 0.0941. The van der Waals surface area contributed by atoms with Crippen molar-refractivity contribution in [3.8, 4) is 0 Å². The minimum atomic E-state index is -0.462. The van der Waals surface area contributed by atoms with Crippen LogP contribution in [0.5, 0.6) is 0 Å². The lowest BCUT2D eigenvalue weighted by atomic mass is 10.1. The molecule has 0 fully saturated rings. The minimum absolute atomic E-state index is 0.153. The van der Waals surface area contributed by atoms with Gasteiger partial charge in [-0.25, -0.2) is 4.39 Å². The Morgan fingerprint density at radius 3 is 2.67 bits per heavy atom. The quantitative estimate of drug-likeness (QED) is 0.570. The molecule has 1 N–H and O–H groups in total. The van der Waals surface area contributed by atoms with Crippen molar-refractivity contribution >= 4 is 5.78 Å². The lowest BCUT2D eigenvalue weighted by Crippen LogP contribution is -2.27. The molecule has 0 aliphatic carbocycles. The Balaban J connectivity index is 2.38. The van der Waals surface area contributed by atoms with Crippen molar-refractivity contribution in [2.24, 2.45) is 0 Å². The van der Waals surface area contributed by atoms with Crippen molar-refractivity contribution in [2.75, 3.05) is 26.7 Å². The van der Waals surface area contributed by atoms with Gasteiger partial charge in [0.15, 0.2) is 5.78 Å². The number of halogens is 1. The molecule has 1 rings (SSSR count). The zero-order valence-corrected chi connectivity index (χ0v) is 10.7. The van der Waals surface area contributed by atoms with E-state index in [0.29, 0.717) is 0 Å². The maximum Gasteiger partial charge on any atom is 0.179 e. The molecule has 0 radical (unpaired) electrons. The smallest absolute Gasteiger partial charge is 0.179 e. The van der Waals surface area contributed by atoms with Gasteiger partial charge in [0.25, 0.3) is 0 Å². The van der Waals surface area contributed by atoms with Crippen LogP contribution in [0.4, 0.5) is 4.39 Å². The standard InChI is InChI=1S/C14H20FNO2/c1-16(9-5-2-6-10-17)11-14(18)12-7-3-4-8-13(12)15/h3-4,7-8,17H,2,5-6,9-11H2,1H3. The van der Waals surface area contributed by atoms with E-state index in [-0.39, 0.29) is 24.5 Å². The van der Waals surface area contributed by atoms with Gasteiger partial charge in [0.05, 0.1) is 12.1 Å². The Morgan fingerprint density at radius 2 is 2.00 bits per heavy atom. The van der Waals surface area contributed by atoms with Crippen LogP contribution >= 0.6 is 0 Å². The highest BCUT2D eigenvalue weighted by atomic mass is 19.1. The van der Waals surface area contributed by atoms with Crippen LogP contribution in [0.25, 0.3) is 0 Å². The van der Waals surface area contributed by atoms with Gasteiger partial charge < -0.3 is 5.11 Å². The van der Waals surface area contributed by atoms with E-state index in [9.17, 15) is 9.18 Å². The van der Waals surface area contributed by atoms with E-state index >= 15 is 0 Å². The first-order valence-corrected chi connectivity index (χ1v) is 6.22. The molecule has 0 heterocycles. The molecule has 0 aliphatic heterocycles. The summed E-state index contributed by atoms with van der Waals surface area (Å²) < 4.78 is 13.4. The number of nitrogens with zero attached hydrogens (tertiary/aromatic N) is 1. The van der Waals surface area contributed by atoms with Crippen LogP contribution in [0.1, 0.15) is 29.6 Å². The number of benzene rings is 1. The molecule has 4 heteroatoms. The predicted octanol–water partition coefficient (Wildman–Crippen LogP) is 2.10. The molecule has 0 amide bonds. The highest BCUT2D eigenvalue weighted by molar-refractivity contribution is 5.97. The molecule has 3 nitrogen and oxygen atoms in total. The normalized spacial score (nSPS) is 10.9. The van der Waals surface area contributed by atoms with Crippen LogP contribution in [0, 0.1) is 5.82 Å². The zero-order chi connectivity index (χ0) is 13.4. The molecular weight excluding hydrogens is 233 g/mol. The second kappa shape index (κ2) is 7.95. The first-order valence-electron chi connectivity index (χ1n) is 6.22. The fourth-order valence-electron chi connectivity index (χ4n) is 1.77. The number of aliphatic hydroxyl groups excluding tert-OH is 1. The molecule has 0 saturated carbocycles. The van der Waals surface area contributed by atoms with Crippen LogP contribution in [0.2, 0.25) is 0 Å². The van der Waals surface area contributed by atoms with E-state index in [2.05, 4.69) is 0 Å². The van der Waals surface area contributed by atoms with Crippen molar-refractivity contribution in [1.82, 2.24) is 4.90 Å². The van der Waals surface area contributed by atoms with Crippen LogP contribution in [0.3, 0.4) is 0 Å². The molecule has 0 aliphatic rings. The molecule has 0 atom stereocenters. The van der Waals surface area contributed by atoms with Gasteiger partial charge in [-0.05, 0) is 45.0 Å². The third-order valence-corrected chi connectivity index (χ3v) is 2.79. The van der Waals surface area contributed by atoms with Gasteiger partial charge in [0.2, 0.25) is 0 Å². The fraction of sp³-hybridized carbons (Fsp3) is 0.500. The summed E-state index contributed by atoms with van der Waals surface area (Å²) >= 11 is 0. The van der Waals surface area contributed by atoms with Crippen LogP contribution in [-0.4, -0.2) is 42.5 Å². The minimum Gasteiger partial charge on any atom is -0.396 e. The molecule has 0 aromatic heterocycles. The van der Waals surface area contributed by atoms with E-state index in [1.807, 2.05) is 11.9 Å². The van der Waals surface area contributed by atoms with Crippen molar-refractivity contribution in [1.29, 1.82) is 0 Å². The second-order valence-corrected chi connectivity index (χ2v) is 4.43. The number of aliphatic hydroxyl groups is 1. The van der Waals surface area contributed by atoms with E-state index in [0.717, 1.165) is 25.8 Å². The maximum absolute atomic E-state index is 13.4. The number of unbranched alkanes of at least 4 members (excludes halogenated alkanes) is 2. The summed E-state index contributed by atoms with van der Waals surface area (Å²) in [5.41, 5.74) is 0.153. The molecule has 0 saturated heterocycles. The topological polar surface area (TPSA) is 40.5 Å². The molecule has 1 aromatic rings. The van der Waals surface area contributed by atoms with Crippen molar-refractivity contribution < 1.29 is 14.3 Å². The summed E-state index contributed by atoms with van der Waals surface area (Å²) in [5.74, 6) is -0.658. The van der Waals surface area contributed by atoms with E-state index in [4.69, 9.17) is 5.11 Å². The molecule has 18 heavy (non-hydrogen) atoms. The number of hydrogen-bond donors (Lipinski definition) is 1. The summed E-state index contributed by atoms with van der Waals surface area (Å²) in [6.45, 7) is 1.21. The molecule has 0 spiro atoms. The number of hydrogen-bond acceptors (Lipinski definition) is 3. The summed E-state index contributed by atoms with van der Waals surface area (Å²) in [6, 6.07) is 6.05. The molecular formula is C14H20FNO2. The van der Waals surface area contributed by atoms with Gasteiger partial charge in [0.1, 0.15) is 5.82 Å². The van der Waals surface area contributed by atoms with Gasteiger partial charge in [0, 0.05) is 6.61 Å². The molecule has 0 unspecified atom stereocenters. The Labute approximate surface area is 107 Å². The maximum atomic E-state index is 13.4. The Morgan fingerprint density at radius 1 is 1.28 bits per heavy atom. The Bertz CT molecular complexity index is 382. The van der Waals surface area contributed by atoms with Crippen LogP contribution in [-0.2, 0) is 0 Å². The van der Waals surface area contributed by atoms with E-state index in [1.54, 1.807) is 12.1 Å². The average Bonchev–Trinajstić information content (AvgIpc) is 2.35. The van der Waals surface area contributed by atoms with Gasteiger partial charge in [-0.2, -0.15) is 0 Å². The largest absolute Gasteiger partial charge is 0.396 e. The van der Waals surface area contributed by atoms with Crippen LogP contribution in [0.15, 0.2) is 24.3 Å². The Kier molecular flexibility index (Phi) is 6.54. The molecule has 1 aromatic carbocycles. The van der Waals surface area contributed by atoms with Gasteiger partial charge in [-0.3, -0.25) is 9.69 Å². The van der Waals surface area contributed by atoms with E-state index in [1.165, 1.54) is 12.1 Å². The van der Waals surface area contributed by atoms with Gasteiger partial charge in [-0.1, -0.05) is 12.1 Å². The first kappa shape index (κ1) is 14.8. The number of carbonyl (C=O) groups is 1. The number of rotatable bonds is 8. The van der Waals surface area contributed by atoms with Crippen LogP contribution < -0.4 is 0 Å². The van der Waals surface area contributed by atoms with Crippen molar-refractivity contribution in [3.05, 3.63) is 35.6 Å². The predicted molar refractivity (Wildman–Crippen MR) is 69.2 cm³/mol. The third-order valence-electron chi connectivity index (χ3n) is 2.79. The molecule has 0 bridgehead atoms. The number of ketones is 1. The van der Waals surface area contributed by atoms with Gasteiger partial charge >= 0.3 is 0 Å². The number of Topliss-reactive ketones (excluding diaryl/α,β-unsaturated/α-hetero) is 1. The fourth-order valence-corrected chi connectivity index (χ4v) is 1.77. The first-order chi connectivity index (χ1) is 8.65. The van der Waals surface area contributed by atoms with Crippen molar-refractivity contribution in [2.45, 2.75) is 19.3 Å². The average molecular weight is 253 g/mol. The number of likely N-dealkylation sites (N-methyl/N-ethyl adjacent to an activating group) is 1. The van der Waals surface area contributed by atoms with Crippen molar-refractivity contribution in [3.63, 3.8) is 0 Å². The second-order valence-electron chi connectivity index (χ2n) is 4.43. The zero-order valence-electron chi connectivity index (χ0n) is 10.7. The highest BCUT2D eigenvalue weighted by Crippen LogP contribution is 2.08. The SMILES string of the molecule is CN(CCCCCO)CC(=O)c1ccccc1F. The summed E-state index contributed by atoms with van der Waals surface area (Å²) in [7, 11) is 1.84. The Hall–Kier alpha value is -1.26. The highest BCUT2D eigenvalue weighted by Gasteiger charge is 2.12. The number of carbonyl (C=O) groups excluding carboxylic acids is 1. The monoisotopic (exact) mass is 253 g/mol.